The molecule has 2 rings (SSSR count). The van der Waals surface area contributed by atoms with E-state index < -0.39 is 11.3 Å². The summed E-state index contributed by atoms with van der Waals surface area (Å²) in [4.78, 5) is 0. The molecule has 0 aromatic carbocycles. The molecule has 2 aliphatic carbocycles. The highest BCUT2D eigenvalue weighted by Crippen LogP contribution is 2.45. The SMILES string of the molecule is CCC(CC1CC2C=CC1C2)NS(=O)[O-]. The lowest BCUT2D eigenvalue weighted by Crippen LogP contribution is -2.32. The lowest BCUT2D eigenvalue weighted by atomic mass is 9.87. The van der Waals surface area contributed by atoms with E-state index >= 15 is 0 Å². The smallest absolute Gasteiger partial charge is 0.0184 e. The molecule has 0 aliphatic heterocycles. The molecule has 1 fully saturated rings. The Kier molecular flexibility index (Phi) is 3.59. The van der Waals surface area contributed by atoms with Crippen LogP contribution in [-0.4, -0.2) is 14.8 Å². The summed E-state index contributed by atoms with van der Waals surface area (Å²) in [7, 11) is 0. The summed E-state index contributed by atoms with van der Waals surface area (Å²) in [6, 6.07) is 0.126. The summed E-state index contributed by atoms with van der Waals surface area (Å²) in [5, 5.41) is 0. The lowest BCUT2D eigenvalue weighted by Gasteiger charge is -2.25. The number of hydrogen-bond acceptors (Lipinski definition) is 2. The van der Waals surface area contributed by atoms with Crippen molar-refractivity contribution < 1.29 is 8.76 Å². The summed E-state index contributed by atoms with van der Waals surface area (Å²) < 4.78 is 23.8. The average Bonchev–Trinajstić information content (AvgIpc) is 2.77. The van der Waals surface area contributed by atoms with Crippen LogP contribution in [0.5, 0.6) is 0 Å². The van der Waals surface area contributed by atoms with Gasteiger partial charge in [-0.15, -0.1) is 0 Å². The Balaban J connectivity index is 1.85. The summed E-state index contributed by atoms with van der Waals surface area (Å²) >= 11 is -2.12. The molecule has 15 heavy (non-hydrogen) atoms. The predicted octanol–water partition coefficient (Wildman–Crippen LogP) is 1.75. The van der Waals surface area contributed by atoms with E-state index in [4.69, 9.17) is 0 Å². The third kappa shape index (κ3) is 2.68. The van der Waals surface area contributed by atoms with Gasteiger partial charge in [-0.25, -0.2) is 4.72 Å². The molecular formula is C11H18NO2S-. The molecule has 2 aliphatic rings. The maximum atomic E-state index is 10.6. The standard InChI is InChI=1S/C11H19NO2S/c1-2-11(12-15(13)14)7-10-6-8-3-4-9(10)5-8/h3-4,8-12H,2,5-7H2,1H3,(H,13,14)/p-1. The minimum Gasteiger partial charge on any atom is -0.760 e. The van der Waals surface area contributed by atoms with Crippen molar-refractivity contribution in [3.8, 4) is 0 Å². The minimum atomic E-state index is -2.12. The molecule has 1 N–H and O–H groups in total. The molecule has 0 aromatic heterocycles. The molecule has 1 saturated carbocycles. The normalized spacial score (nSPS) is 37.1. The van der Waals surface area contributed by atoms with Crippen molar-refractivity contribution in [3.63, 3.8) is 0 Å². The first-order chi connectivity index (χ1) is 7.19. The van der Waals surface area contributed by atoms with Crippen molar-refractivity contribution in [2.75, 3.05) is 0 Å². The number of fused-ring (bicyclic) bond motifs is 2. The summed E-state index contributed by atoms with van der Waals surface area (Å²) in [6.07, 6.45) is 9.06. The monoisotopic (exact) mass is 228 g/mol. The fraction of sp³-hybridized carbons (Fsp3) is 0.818. The number of hydrogen-bond donors (Lipinski definition) is 1. The fourth-order valence-electron chi connectivity index (χ4n) is 2.97. The van der Waals surface area contributed by atoms with Crippen molar-refractivity contribution in [3.05, 3.63) is 12.2 Å². The first-order valence-electron chi connectivity index (χ1n) is 5.72. The van der Waals surface area contributed by atoms with Gasteiger partial charge in [-0.05, 0) is 43.4 Å². The predicted molar refractivity (Wildman–Crippen MR) is 59.6 cm³/mol. The molecule has 0 amide bonds. The molecule has 0 spiro atoms. The van der Waals surface area contributed by atoms with Crippen LogP contribution in [0.1, 0.15) is 32.6 Å². The quantitative estimate of drug-likeness (QED) is 0.575. The van der Waals surface area contributed by atoms with E-state index in [2.05, 4.69) is 16.9 Å². The second-order valence-corrected chi connectivity index (χ2v) is 5.44. The van der Waals surface area contributed by atoms with Gasteiger partial charge in [0.05, 0.1) is 0 Å². The zero-order chi connectivity index (χ0) is 10.8. The van der Waals surface area contributed by atoms with Crippen molar-refractivity contribution in [2.24, 2.45) is 17.8 Å². The maximum Gasteiger partial charge on any atom is 0.0184 e. The van der Waals surface area contributed by atoms with Crippen molar-refractivity contribution in [1.82, 2.24) is 4.72 Å². The Labute approximate surface area is 93.8 Å². The van der Waals surface area contributed by atoms with Crippen molar-refractivity contribution >= 4 is 11.3 Å². The zero-order valence-electron chi connectivity index (χ0n) is 9.02. The summed E-state index contributed by atoms with van der Waals surface area (Å²) in [5.41, 5.74) is 0. The third-order valence-electron chi connectivity index (χ3n) is 3.76. The first kappa shape index (κ1) is 11.3. The second kappa shape index (κ2) is 4.76. The first-order valence-corrected chi connectivity index (χ1v) is 6.80. The van der Waals surface area contributed by atoms with E-state index in [9.17, 15) is 8.76 Å². The van der Waals surface area contributed by atoms with Crippen LogP contribution >= 0.6 is 0 Å². The Morgan fingerprint density at radius 1 is 1.53 bits per heavy atom. The summed E-state index contributed by atoms with van der Waals surface area (Å²) in [6.45, 7) is 2.04. The van der Waals surface area contributed by atoms with Gasteiger partial charge in [-0.3, -0.25) is 4.21 Å². The second-order valence-electron chi connectivity index (χ2n) is 4.73. The molecule has 86 valence electrons. The van der Waals surface area contributed by atoms with E-state index in [1.165, 1.54) is 12.8 Å². The van der Waals surface area contributed by atoms with Crippen LogP contribution in [0.4, 0.5) is 0 Å². The molecule has 4 heteroatoms. The minimum absolute atomic E-state index is 0.126. The highest BCUT2D eigenvalue weighted by molar-refractivity contribution is 7.77. The van der Waals surface area contributed by atoms with Gasteiger partial charge in [-0.1, -0.05) is 19.1 Å². The highest BCUT2D eigenvalue weighted by Gasteiger charge is 2.36. The van der Waals surface area contributed by atoms with Gasteiger partial charge >= 0.3 is 0 Å². The Morgan fingerprint density at radius 3 is 2.80 bits per heavy atom. The van der Waals surface area contributed by atoms with Gasteiger partial charge in [0.1, 0.15) is 0 Å². The van der Waals surface area contributed by atoms with Gasteiger partial charge < -0.3 is 4.55 Å². The molecule has 2 bridgehead atoms. The Bertz CT molecular complexity index is 280. The average molecular weight is 228 g/mol. The van der Waals surface area contributed by atoms with Gasteiger partial charge in [-0.2, -0.15) is 0 Å². The van der Waals surface area contributed by atoms with Gasteiger partial charge in [0.15, 0.2) is 0 Å². The fourth-order valence-corrected chi connectivity index (χ4v) is 3.50. The molecule has 0 heterocycles. The largest absolute Gasteiger partial charge is 0.760 e. The molecule has 0 aromatic rings. The zero-order valence-corrected chi connectivity index (χ0v) is 9.83. The van der Waals surface area contributed by atoms with Crippen molar-refractivity contribution in [1.29, 1.82) is 0 Å². The Hall–Kier alpha value is -0.190. The molecule has 0 saturated heterocycles. The number of nitrogens with one attached hydrogen (secondary N) is 1. The maximum absolute atomic E-state index is 10.6. The van der Waals surface area contributed by atoms with Crippen LogP contribution in [0.15, 0.2) is 12.2 Å². The van der Waals surface area contributed by atoms with Crippen LogP contribution in [0.2, 0.25) is 0 Å². The molecular weight excluding hydrogens is 210 g/mol. The van der Waals surface area contributed by atoms with Crippen LogP contribution in [0, 0.1) is 17.8 Å². The van der Waals surface area contributed by atoms with Gasteiger partial charge in [0, 0.05) is 17.3 Å². The van der Waals surface area contributed by atoms with Crippen LogP contribution < -0.4 is 4.72 Å². The summed E-state index contributed by atoms with van der Waals surface area (Å²) in [5.74, 6) is 2.18. The lowest BCUT2D eigenvalue weighted by molar-refractivity contribution is 0.357. The number of rotatable bonds is 5. The van der Waals surface area contributed by atoms with E-state index in [1.807, 2.05) is 6.92 Å². The van der Waals surface area contributed by atoms with Crippen LogP contribution in [-0.2, 0) is 11.3 Å². The molecule has 5 atom stereocenters. The Morgan fingerprint density at radius 2 is 2.33 bits per heavy atom. The van der Waals surface area contributed by atoms with Crippen molar-refractivity contribution in [2.45, 2.75) is 38.6 Å². The third-order valence-corrected chi connectivity index (χ3v) is 4.29. The number of allylic oxidation sites excluding steroid dienone is 2. The van der Waals surface area contributed by atoms with Gasteiger partial charge in [0.25, 0.3) is 0 Å². The van der Waals surface area contributed by atoms with E-state index in [-0.39, 0.29) is 6.04 Å². The topological polar surface area (TPSA) is 52.2 Å². The molecule has 5 unspecified atom stereocenters. The molecule has 0 radical (unpaired) electrons. The molecule has 3 nitrogen and oxygen atoms in total. The van der Waals surface area contributed by atoms with Crippen LogP contribution in [0.25, 0.3) is 0 Å². The van der Waals surface area contributed by atoms with E-state index in [1.54, 1.807) is 0 Å². The van der Waals surface area contributed by atoms with E-state index in [0.717, 1.165) is 18.8 Å². The highest BCUT2D eigenvalue weighted by atomic mass is 32.2. The van der Waals surface area contributed by atoms with Crippen LogP contribution in [0.3, 0.4) is 0 Å². The van der Waals surface area contributed by atoms with Gasteiger partial charge in [0.2, 0.25) is 0 Å². The van der Waals surface area contributed by atoms with E-state index in [0.29, 0.717) is 11.8 Å².